The first-order valence-corrected chi connectivity index (χ1v) is 8.81. The number of nitrogens with one attached hydrogen (secondary N) is 3. The summed E-state index contributed by atoms with van der Waals surface area (Å²) in [4.78, 5) is 12.4. The number of anilines is 3. The van der Waals surface area contributed by atoms with Gasteiger partial charge in [0, 0.05) is 41.7 Å². The Morgan fingerprint density at radius 3 is 2.85 bits per heavy atom. The van der Waals surface area contributed by atoms with Crippen molar-refractivity contribution in [3.05, 3.63) is 84.9 Å². The van der Waals surface area contributed by atoms with E-state index in [-0.39, 0.29) is 0 Å². The first-order chi connectivity index (χ1) is 13.4. The van der Waals surface area contributed by atoms with Gasteiger partial charge >= 0.3 is 0 Å². The molecule has 0 atom stereocenters. The summed E-state index contributed by atoms with van der Waals surface area (Å²) in [6, 6.07) is 18.4. The molecule has 0 spiro atoms. The van der Waals surface area contributed by atoms with Crippen molar-refractivity contribution in [2.75, 3.05) is 10.6 Å². The van der Waals surface area contributed by atoms with Gasteiger partial charge in [0.1, 0.15) is 5.82 Å². The SMILES string of the molecule is c1ccc(CNc2nc(Nc3cccc4[nH]ccc34)cn3ccnc23)cc1. The molecule has 0 unspecified atom stereocenters. The van der Waals surface area contributed by atoms with Crippen molar-refractivity contribution in [1.29, 1.82) is 0 Å². The van der Waals surface area contributed by atoms with Gasteiger partial charge in [-0.25, -0.2) is 9.97 Å². The quantitative estimate of drug-likeness (QED) is 0.432. The Kier molecular flexibility index (Phi) is 3.72. The van der Waals surface area contributed by atoms with Gasteiger partial charge in [-0.3, -0.25) is 0 Å². The van der Waals surface area contributed by atoms with Gasteiger partial charge in [-0.1, -0.05) is 36.4 Å². The number of fused-ring (bicyclic) bond motifs is 2. The summed E-state index contributed by atoms with van der Waals surface area (Å²) >= 11 is 0. The zero-order valence-electron chi connectivity index (χ0n) is 14.6. The summed E-state index contributed by atoms with van der Waals surface area (Å²) in [5, 5.41) is 7.97. The molecule has 0 saturated carbocycles. The number of aromatic nitrogens is 4. The van der Waals surface area contributed by atoms with Crippen LogP contribution in [-0.4, -0.2) is 19.4 Å². The van der Waals surface area contributed by atoms with Crippen LogP contribution in [0.25, 0.3) is 16.6 Å². The molecule has 132 valence electrons. The van der Waals surface area contributed by atoms with Crippen molar-refractivity contribution in [1.82, 2.24) is 19.4 Å². The lowest BCUT2D eigenvalue weighted by molar-refractivity contribution is 1.07. The van der Waals surface area contributed by atoms with Gasteiger partial charge in [-0.15, -0.1) is 0 Å². The average Bonchev–Trinajstić information content (AvgIpc) is 3.36. The monoisotopic (exact) mass is 354 g/mol. The van der Waals surface area contributed by atoms with Crippen LogP contribution in [0.15, 0.2) is 79.4 Å². The summed E-state index contributed by atoms with van der Waals surface area (Å²) in [5.41, 5.74) is 4.09. The van der Waals surface area contributed by atoms with E-state index in [0.717, 1.165) is 33.9 Å². The van der Waals surface area contributed by atoms with E-state index in [2.05, 4.69) is 44.9 Å². The van der Waals surface area contributed by atoms with Crippen molar-refractivity contribution in [2.45, 2.75) is 6.54 Å². The maximum Gasteiger partial charge on any atom is 0.180 e. The molecule has 5 rings (SSSR count). The van der Waals surface area contributed by atoms with Crippen LogP contribution in [0.3, 0.4) is 0 Å². The predicted octanol–water partition coefficient (Wildman–Crippen LogP) is 4.57. The summed E-state index contributed by atoms with van der Waals surface area (Å²) in [5.74, 6) is 1.50. The molecule has 3 aromatic heterocycles. The highest BCUT2D eigenvalue weighted by molar-refractivity contribution is 5.93. The first-order valence-electron chi connectivity index (χ1n) is 8.81. The molecule has 0 saturated heterocycles. The molecule has 5 aromatic rings. The number of aromatic amines is 1. The molecule has 3 N–H and O–H groups in total. The van der Waals surface area contributed by atoms with Crippen molar-refractivity contribution in [3.63, 3.8) is 0 Å². The Hall–Kier alpha value is -3.80. The molecule has 0 aliphatic carbocycles. The maximum absolute atomic E-state index is 4.76. The Morgan fingerprint density at radius 1 is 1.00 bits per heavy atom. The van der Waals surface area contributed by atoms with E-state index in [1.165, 1.54) is 5.56 Å². The summed E-state index contributed by atoms with van der Waals surface area (Å²) in [7, 11) is 0. The predicted molar refractivity (Wildman–Crippen MR) is 108 cm³/mol. The van der Waals surface area contributed by atoms with Crippen LogP contribution in [-0.2, 0) is 6.54 Å². The molecule has 0 fully saturated rings. The van der Waals surface area contributed by atoms with Crippen molar-refractivity contribution in [3.8, 4) is 0 Å². The number of hydrogen-bond donors (Lipinski definition) is 3. The zero-order valence-corrected chi connectivity index (χ0v) is 14.6. The molecule has 0 bridgehead atoms. The van der Waals surface area contributed by atoms with E-state index >= 15 is 0 Å². The van der Waals surface area contributed by atoms with Gasteiger partial charge in [0.25, 0.3) is 0 Å². The minimum Gasteiger partial charge on any atom is -0.363 e. The van der Waals surface area contributed by atoms with Crippen molar-refractivity contribution < 1.29 is 0 Å². The highest BCUT2D eigenvalue weighted by atomic mass is 15.1. The molecule has 6 nitrogen and oxygen atoms in total. The lowest BCUT2D eigenvalue weighted by Crippen LogP contribution is -2.06. The molecule has 0 aliphatic rings. The number of imidazole rings is 1. The smallest absolute Gasteiger partial charge is 0.180 e. The van der Waals surface area contributed by atoms with Crippen LogP contribution in [0.2, 0.25) is 0 Å². The highest BCUT2D eigenvalue weighted by Crippen LogP contribution is 2.26. The zero-order chi connectivity index (χ0) is 18.1. The molecule has 0 radical (unpaired) electrons. The summed E-state index contributed by atoms with van der Waals surface area (Å²) < 4.78 is 1.97. The Bertz CT molecular complexity index is 1210. The minimum atomic E-state index is 0.688. The van der Waals surface area contributed by atoms with E-state index in [1.54, 1.807) is 6.20 Å². The second-order valence-electron chi connectivity index (χ2n) is 6.34. The third-order valence-electron chi connectivity index (χ3n) is 4.53. The van der Waals surface area contributed by atoms with Crippen LogP contribution in [0, 0.1) is 0 Å². The van der Waals surface area contributed by atoms with E-state index in [1.807, 2.05) is 53.3 Å². The minimum absolute atomic E-state index is 0.688. The average molecular weight is 354 g/mol. The third-order valence-corrected chi connectivity index (χ3v) is 4.53. The Labute approximate surface area is 155 Å². The largest absolute Gasteiger partial charge is 0.363 e. The van der Waals surface area contributed by atoms with Crippen molar-refractivity contribution in [2.24, 2.45) is 0 Å². The van der Waals surface area contributed by atoms with Crippen molar-refractivity contribution >= 4 is 33.9 Å². The maximum atomic E-state index is 4.76. The standard InChI is InChI=1S/C21H18N6/c1-2-5-15(6-3-1)13-24-20-21-23-11-12-27(21)14-19(26-20)25-18-8-4-7-17-16(18)9-10-22-17/h1-12,14,22,25H,13H2,(H,24,26). The molecule has 0 amide bonds. The van der Waals surface area contributed by atoms with Crippen LogP contribution in [0.5, 0.6) is 0 Å². The number of rotatable bonds is 5. The topological polar surface area (TPSA) is 70.0 Å². The summed E-state index contributed by atoms with van der Waals surface area (Å²) in [6.07, 6.45) is 7.59. The van der Waals surface area contributed by atoms with E-state index in [9.17, 15) is 0 Å². The normalized spacial score (nSPS) is 11.1. The number of H-pyrrole nitrogens is 1. The second kappa shape index (κ2) is 6.49. The molecule has 6 heteroatoms. The van der Waals surface area contributed by atoms with Gasteiger partial charge in [-0.05, 0) is 23.8 Å². The summed E-state index contributed by atoms with van der Waals surface area (Å²) in [6.45, 7) is 0.688. The van der Waals surface area contributed by atoms with Crippen LogP contribution in [0.4, 0.5) is 17.3 Å². The van der Waals surface area contributed by atoms with E-state index in [4.69, 9.17) is 4.98 Å². The number of hydrogen-bond acceptors (Lipinski definition) is 4. The van der Waals surface area contributed by atoms with E-state index in [0.29, 0.717) is 6.54 Å². The van der Waals surface area contributed by atoms with Crippen LogP contribution in [0.1, 0.15) is 5.56 Å². The number of nitrogens with zero attached hydrogens (tertiary/aromatic N) is 3. The van der Waals surface area contributed by atoms with Gasteiger partial charge in [0.05, 0.1) is 6.20 Å². The third kappa shape index (κ3) is 2.97. The molecule has 27 heavy (non-hydrogen) atoms. The first kappa shape index (κ1) is 15.5. The van der Waals surface area contributed by atoms with Crippen LogP contribution >= 0.6 is 0 Å². The van der Waals surface area contributed by atoms with Gasteiger partial charge in [-0.2, -0.15) is 0 Å². The fraction of sp³-hybridized carbons (Fsp3) is 0.0476. The van der Waals surface area contributed by atoms with E-state index < -0.39 is 0 Å². The molecule has 3 heterocycles. The lowest BCUT2D eigenvalue weighted by atomic mass is 10.2. The van der Waals surface area contributed by atoms with Crippen LogP contribution < -0.4 is 10.6 Å². The Balaban J connectivity index is 1.49. The lowest BCUT2D eigenvalue weighted by Gasteiger charge is -2.12. The fourth-order valence-electron chi connectivity index (χ4n) is 3.22. The second-order valence-corrected chi connectivity index (χ2v) is 6.34. The molecular weight excluding hydrogens is 336 g/mol. The van der Waals surface area contributed by atoms with Gasteiger partial charge in [0.15, 0.2) is 11.5 Å². The van der Waals surface area contributed by atoms with Gasteiger partial charge < -0.3 is 20.0 Å². The molecular formula is C21H18N6. The number of benzene rings is 2. The Morgan fingerprint density at radius 2 is 1.93 bits per heavy atom. The fourth-order valence-corrected chi connectivity index (χ4v) is 3.22. The van der Waals surface area contributed by atoms with Gasteiger partial charge in [0.2, 0.25) is 0 Å². The molecule has 2 aromatic carbocycles. The highest BCUT2D eigenvalue weighted by Gasteiger charge is 2.09. The molecule has 0 aliphatic heterocycles.